The van der Waals surface area contributed by atoms with Gasteiger partial charge in [-0.2, -0.15) is 0 Å². The van der Waals surface area contributed by atoms with E-state index in [0.29, 0.717) is 26.1 Å². The topological polar surface area (TPSA) is 113 Å². The number of nitro groups is 1. The van der Waals surface area contributed by atoms with E-state index in [1.54, 1.807) is 12.1 Å². The molecule has 0 fully saturated rings. The van der Waals surface area contributed by atoms with Gasteiger partial charge in [-0.3, -0.25) is 24.6 Å². The third-order valence-electron chi connectivity index (χ3n) is 3.73. The molecule has 1 aromatic rings. The summed E-state index contributed by atoms with van der Waals surface area (Å²) in [6, 6.07) is 4.73. The molecule has 0 radical (unpaired) electrons. The summed E-state index contributed by atoms with van der Waals surface area (Å²) in [7, 11) is 0. The normalized spacial score (nSPS) is 13.8. The third kappa shape index (κ3) is 4.46. The Balaban J connectivity index is 1.71. The van der Waals surface area contributed by atoms with Crippen molar-refractivity contribution in [2.45, 2.75) is 26.0 Å². The van der Waals surface area contributed by atoms with Crippen LogP contribution in [-0.2, 0) is 22.7 Å². The molecule has 128 valence electrons. The third-order valence-corrected chi connectivity index (χ3v) is 3.73. The first kappa shape index (κ1) is 17.8. The maximum atomic E-state index is 11.4. The smallest absolute Gasteiger partial charge is 0.275 e. The van der Waals surface area contributed by atoms with Gasteiger partial charge in [-0.25, -0.2) is 0 Å². The highest BCUT2D eigenvalue weighted by atomic mass is 16.6. The van der Waals surface area contributed by atoms with Crippen LogP contribution in [0.3, 0.4) is 0 Å². The van der Waals surface area contributed by atoms with Crippen LogP contribution in [0, 0.1) is 10.1 Å². The number of carbonyl (C=O) groups is 2. The molecule has 1 aromatic carbocycles. The fourth-order valence-corrected chi connectivity index (χ4v) is 2.43. The van der Waals surface area contributed by atoms with Crippen molar-refractivity contribution in [2.24, 2.45) is 0 Å². The number of nitro benzene ring substituents is 1. The fourth-order valence-electron chi connectivity index (χ4n) is 2.43. The quantitative estimate of drug-likeness (QED) is 0.300. The lowest BCUT2D eigenvalue weighted by atomic mass is 10.1. The molecule has 0 unspecified atom stereocenters. The lowest BCUT2D eigenvalue weighted by molar-refractivity contribution is -0.385. The van der Waals surface area contributed by atoms with Crippen LogP contribution in [0.5, 0.6) is 0 Å². The molecule has 2 rings (SSSR count). The number of rotatable bonds is 9. The summed E-state index contributed by atoms with van der Waals surface area (Å²) >= 11 is 0. The minimum atomic E-state index is -0.507. The predicted octanol–water partition coefficient (Wildman–Crippen LogP) is 0.882. The van der Waals surface area contributed by atoms with Crippen LogP contribution in [0.25, 0.3) is 0 Å². The van der Waals surface area contributed by atoms with Crippen LogP contribution < -0.4 is 5.32 Å². The highest BCUT2D eigenvalue weighted by molar-refractivity contribution is 6.12. The SMILES string of the molecule is O=C1C=CC(=O)N1CCCCNCc1ccc(CO)c([N+](=O)[O-])c1. The van der Waals surface area contributed by atoms with Crippen molar-refractivity contribution in [3.8, 4) is 0 Å². The van der Waals surface area contributed by atoms with Crippen LogP contribution >= 0.6 is 0 Å². The largest absolute Gasteiger partial charge is 0.391 e. The molecule has 1 aliphatic rings. The van der Waals surface area contributed by atoms with Gasteiger partial charge in [0, 0.05) is 31.3 Å². The van der Waals surface area contributed by atoms with Crippen molar-refractivity contribution in [3.63, 3.8) is 0 Å². The van der Waals surface area contributed by atoms with Crippen molar-refractivity contribution >= 4 is 17.5 Å². The van der Waals surface area contributed by atoms with E-state index < -0.39 is 4.92 Å². The van der Waals surface area contributed by atoms with E-state index in [0.717, 1.165) is 12.0 Å². The van der Waals surface area contributed by atoms with Crippen LogP contribution in [-0.4, -0.2) is 39.8 Å². The number of unbranched alkanes of at least 4 members (excludes halogenated alkanes) is 1. The van der Waals surface area contributed by atoms with E-state index in [-0.39, 0.29) is 29.7 Å². The van der Waals surface area contributed by atoms with Gasteiger partial charge in [0.2, 0.25) is 0 Å². The van der Waals surface area contributed by atoms with Crippen molar-refractivity contribution in [3.05, 3.63) is 51.6 Å². The maximum Gasteiger partial charge on any atom is 0.275 e. The number of hydrogen-bond acceptors (Lipinski definition) is 6. The number of imide groups is 1. The number of hydrogen-bond donors (Lipinski definition) is 2. The van der Waals surface area contributed by atoms with E-state index >= 15 is 0 Å². The minimum absolute atomic E-state index is 0.0876. The second-order valence-corrected chi connectivity index (χ2v) is 5.42. The monoisotopic (exact) mass is 333 g/mol. The van der Waals surface area contributed by atoms with Gasteiger partial charge in [-0.15, -0.1) is 0 Å². The first-order chi connectivity index (χ1) is 11.5. The summed E-state index contributed by atoms with van der Waals surface area (Å²) in [5.41, 5.74) is 0.959. The van der Waals surface area contributed by atoms with Gasteiger partial charge >= 0.3 is 0 Å². The second-order valence-electron chi connectivity index (χ2n) is 5.42. The minimum Gasteiger partial charge on any atom is -0.391 e. The lowest BCUT2D eigenvalue weighted by Gasteiger charge is -2.13. The molecule has 0 saturated heterocycles. The summed E-state index contributed by atoms with van der Waals surface area (Å²) < 4.78 is 0. The number of nitrogens with zero attached hydrogens (tertiary/aromatic N) is 2. The highest BCUT2D eigenvalue weighted by Crippen LogP contribution is 2.20. The van der Waals surface area contributed by atoms with Gasteiger partial charge in [0.25, 0.3) is 17.5 Å². The Labute approximate surface area is 138 Å². The molecule has 1 aliphatic heterocycles. The Morgan fingerprint density at radius 3 is 2.50 bits per heavy atom. The average Bonchev–Trinajstić information content (AvgIpc) is 2.89. The Kier molecular flexibility index (Phi) is 6.16. The number of aliphatic hydroxyl groups is 1. The van der Waals surface area contributed by atoms with Crippen molar-refractivity contribution < 1.29 is 19.6 Å². The van der Waals surface area contributed by atoms with Gasteiger partial charge in [0.1, 0.15) is 0 Å². The van der Waals surface area contributed by atoms with Crippen LogP contribution in [0.4, 0.5) is 5.69 Å². The Morgan fingerprint density at radius 1 is 1.17 bits per heavy atom. The lowest BCUT2D eigenvalue weighted by Crippen LogP contribution is -2.31. The van der Waals surface area contributed by atoms with E-state index in [4.69, 9.17) is 5.11 Å². The molecule has 24 heavy (non-hydrogen) atoms. The summed E-state index contributed by atoms with van der Waals surface area (Å²) in [5.74, 6) is -0.548. The predicted molar refractivity (Wildman–Crippen MR) is 85.8 cm³/mol. The molecular formula is C16H19N3O5. The number of carbonyl (C=O) groups excluding carboxylic acids is 2. The number of amides is 2. The zero-order valence-corrected chi connectivity index (χ0v) is 13.1. The molecular weight excluding hydrogens is 314 g/mol. The standard InChI is InChI=1S/C16H19N3O5/c20-11-13-4-3-12(9-14(13)19(23)24)10-17-7-1-2-8-18-15(21)5-6-16(18)22/h3-6,9,17,20H,1-2,7-8,10-11H2. The van der Waals surface area contributed by atoms with Gasteiger partial charge in [0.05, 0.1) is 17.1 Å². The summed E-state index contributed by atoms with van der Waals surface area (Å²) in [5, 5.41) is 23.2. The fraction of sp³-hybridized carbons (Fsp3) is 0.375. The summed E-state index contributed by atoms with van der Waals surface area (Å²) in [6.45, 7) is 1.16. The first-order valence-electron chi connectivity index (χ1n) is 7.64. The average molecular weight is 333 g/mol. The molecule has 0 bridgehead atoms. The van der Waals surface area contributed by atoms with Crippen LogP contribution in [0.2, 0.25) is 0 Å². The Bertz CT molecular complexity index is 654. The number of nitrogens with one attached hydrogen (secondary N) is 1. The summed E-state index contributed by atoms with van der Waals surface area (Å²) in [6.07, 6.45) is 4.00. The maximum absolute atomic E-state index is 11.4. The van der Waals surface area contributed by atoms with Crippen molar-refractivity contribution in [1.82, 2.24) is 10.2 Å². The highest BCUT2D eigenvalue weighted by Gasteiger charge is 2.22. The molecule has 0 aromatic heterocycles. The van der Waals surface area contributed by atoms with Gasteiger partial charge < -0.3 is 10.4 Å². The van der Waals surface area contributed by atoms with Gasteiger partial charge in [0.15, 0.2) is 0 Å². The molecule has 8 heteroatoms. The number of benzene rings is 1. The molecule has 0 atom stereocenters. The summed E-state index contributed by atoms with van der Waals surface area (Å²) in [4.78, 5) is 34.4. The van der Waals surface area contributed by atoms with Crippen molar-refractivity contribution in [1.29, 1.82) is 0 Å². The Hall–Kier alpha value is -2.58. The molecule has 0 saturated carbocycles. The zero-order chi connectivity index (χ0) is 17.5. The van der Waals surface area contributed by atoms with Gasteiger partial charge in [-0.05, 0) is 31.0 Å². The first-order valence-corrected chi connectivity index (χ1v) is 7.64. The molecule has 0 spiro atoms. The van der Waals surface area contributed by atoms with E-state index in [9.17, 15) is 19.7 Å². The van der Waals surface area contributed by atoms with Crippen LogP contribution in [0.15, 0.2) is 30.4 Å². The second kappa shape index (κ2) is 8.32. The zero-order valence-electron chi connectivity index (χ0n) is 13.1. The molecule has 2 N–H and O–H groups in total. The Morgan fingerprint density at radius 2 is 1.88 bits per heavy atom. The molecule has 2 amide bonds. The number of aliphatic hydroxyl groups excluding tert-OH is 1. The van der Waals surface area contributed by atoms with Crippen molar-refractivity contribution in [2.75, 3.05) is 13.1 Å². The molecule has 8 nitrogen and oxygen atoms in total. The van der Waals surface area contributed by atoms with Gasteiger partial charge in [-0.1, -0.05) is 6.07 Å². The van der Waals surface area contributed by atoms with E-state index in [1.165, 1.54) is 23.1 Å². The van der Waals surface area contributed by atoms with E-state index in [2.05, 4.69) is 5.32 Å². The van der Waals surface area contributed by atoms with E-state index in [1.807, 2.05) is 0 Å². The molecule has 0 aliphatic carbocycles. The van der Waals surface area contributed by atoms with Crippen LogP contribution in [0.1, 0.15) is 24.0 Å². The molecule has 1 heterocycles.